The van der Waals surface area contributed by atoms with Crippen LogP contribution in [0.2, 0.25) is 5.02 Å². The molecule has 1 aliphatic heterocycles. The van der Waals surface area contributed by atoms with Crippen LogP contribution in [0.15, 0.2) is 0 Å². The molecule has 0 N–H and O–H groups in total. The minimum absolute atomic E-state index is 0.219. The first-order valence-corrected chi connectivity index (χ1v) is 5.32. The molecule has 1 fully saturated rings. The maximum Gasteiger partial charge on any atom is 0.157 e. The fraction of sp³-hybridized carbons (Fsp3) is 0.600. The van der Waals surface area contributed by atoms with Gasteiger partial charge in [-0.1, -0.05) is 11.6 Å². The molecule has 15 heavy (non-hydrogen) atoms. The monoisotopic (exact) mass is 227 g/mol. The van der Waals surface area contributed by atoms with E-state index in [1.807, 2.05) is 25.9 Å². The molecular formula is C10H14ClN3O. The van der Waals surface area contributed by atoms with E-state index in [2.05, 4.69) is 5.10 Å². The van der Waals surface area contributed by atoms with Gasteiger partial charge in [-0.15, -0.1) is 0 Å². The fourth-order valence-corrected chi connectivity index (χ4v) is 2.37. The Morgan fingerprint density at radius 1 is 1.47 bits per heavy atom. The quantitative estimate of drug-likeness (QED) is 0.727. The number of carbonyl (C=O) groups is 1. The Balaban J connectivity index is 2.48. The molecule has 4 nitrogen and oxygen atoms in total. The number of ketones is 1. The lowest BCUT2D eigenvalue weighted by atomic mass is 10.1. The van der Waals surface area contributed by atoms with Gasteiger partial charge in [0.2, 0.25) is 0 Å². The van der Waals surface area contributed by atoms with Crippen LogP contribution >= 0.6 is 11.6 Å². The van der Waals surface area contributed by atoms with E-state index in [1.54, 1.807) is 4.68 Å². The van der Waals surface area contributed by atoms with E-state index < -0.39 is 0 Å². The molecule has 2 heterocycles. The normalized spacial score (nSPS) is 22.7. The lowest BCUT2D eigenvalue weighted by molar-refractivity contribution is -0.120. The van der Waals surface area contributed by atoms with Gasteiger partial charge in [-0.05, 0) is 14.0 Å². The van der Waals surface area contributed by atoms with Gasteiger partial charge in [0.05, 0.1) is 16.4 Å². The van der Waals surface area contributed by atoms with Crippen LogP contribution in [0, 0.1) is 6.92 Å². The van der Waals surface area contributed by atoms with E-state index in [-0.39, 0.29) is 11.8 Å². The second kappa shape index (κ2) is 3.61. The number of likely N-dealkylation sites (tertiary alicyclic amines) is 1. The molecule has 82 valence electrons. The second-order valence-electron chi connectivity index (χ2n) is 4.01. The Morgan fingerprint density at radius 2 is 2.13 bits per heavy atom. The summed E-state index contributed by atoms with van der Waals surface area (Å²) in [5.74, 6) is 0.224. The Hall–Kier alpha value is -0.870. The summed E-state index contributed by atoms with van der Waals surface area (Å²) in [7, 11) is 3.77. The zero-order valence-corrected chi connectivity index (χ0v) is 9.88. The molecule has 0 saturated carbocycles. The second-order valence-corrected chi connectivity index (χ2v) is 4.39. The third-order valence-electron chi connectivity index (χ3n) is 2.91. The lowest BCUT2D eigenvalue weighted by Crippen LogP contribution is -2.23. The topological polar surface area (TPSA) is 38.1 Å². The highest BCUT2D eigenvalue weighted by molar-refractivity contribution is 6.32. The van der Waals surface area contributed by atoms with Crippen LogP contribution in [0.5, 0.6) is 0 Å². The number of hydrogen-bond donors (Lipinski definition) is 0. The third kappa shape index (κ3) is 1.58. The number of halogens is 1. The summed E-state index contributed by atoms with van der Waals surface area (Å²) in [5, 5.41) is 4.85. The molecule has 1 saturated heterocycles. The first kappa shape index (κ1) is 10.6. The van der Waals surface area contributed by atoms with Crippen LogP contribution in [-0.2, 0) is 11.8 Å². The van der Waals surface area contributed by atoms with Crippen molar-refractivity contribution < 1.29 is 4.79 Å². The van der Waals surface area contributed by atoms with Gasteiger partial charge in [-0.25, -0.2) is 0 Å². The largest absolute Gasteiger partial charge is 0.297 e. The minimum atomic E-state index is -0.219. The molecule has 0 aliphatic carbocycles. The number of Topliss-reactive ketones (excluding diaryl/α,β-unsaturated/α-hetero) is 1. The Labute approximate surface area is 93.8 Å². The van der Waals surface area contributed by atoms with Crippen molar-refractivity contribution in [2.24, 2.45) is 7.05 Å². The zero-order valence-electron chi connectivity index (χ0n) is 9.12. The highest BCUT2D eigenvalue weighted by Crippen LogP contribution is 2.33. The van der Waals surface area contributed by atoms with Gasteiger partial charge >= 0.3 is 0 Å². The van der Waals surface area contributed by atoms with Gasteiger partial charge in [0.15, 0.2) is 5.78 Å². The van der Waals surface area contributed by atoms with E-state index in [0.29, 0.717) is 11.4 Å². The molecule has 0 aromatic carbocycles. The smallest absolute Gasteiger partial charge is 0.157 e. The highest BCUT2D eigenvalue weighted by Gasteiger charge is 2.35. The summed E-state index contributed by atoms with van der Waals surface area (Å²) in [4.78, 5) is 13.8. The van der Waals surface area contributed by atoms with Crippen molar-refractivity contribution in [2.75, 3.05) is 13.6 Å². The Morgan fingerprint density at radius 3 is 2.53 bits per heavy atom. The molecule has 0 spiro atoms. The molecule has 1 atom stereocenters. The highest BCUT2D eigenvalue weighted by atomic mass is 35.5. The first-order chi connectivity index (χ1) is 7.02. The number of hydrogen-bond acceptors (Lipinski definition) is 3. The van der Waals surface area contributed by atoms with Crippen LogP contribution < -0.4 is 0 Å². The molecule has 0 amide bonds. The summed E-state index contributed by atoms with van der Waals surface area (Å²) >= 11 is 6.16. The van der Waals surface area contributed by atoms with Crippen LogP contribution in [0.3, 0.4) is 0 Å². The summed E-state index contributed by atoms with van der Waals surface area (Å²) in [6, 6.07) is -0.219. The molecule has 2 rings (SSSR count). The molecule has 5 heteroatoms. The van der Waals surface area contributed by atoms with Gasteiger partial charge in [0.1, 0.15) is 6.04 Å². The van der Waals surface area contributed by atoms with Crippen molar-refractivity contribution in [2.45, 2.75) is 19.4 Å². The number of carbonyl (C=O) groups excluding carboxylic acids is 1. The summed E-state index contributed by atoms with van der Waals surface area (Å²) in [6.45, 7) is 2.65. The average Bonchev–Trinajstić information content (AvgIpc) is 2.59. The third-order valence-corrected chi connectivity index (χ3v) is 3.37. The molecule has 1 aliphatic rings. The van der Waals surface area contributed by atoms with E-state index in [9.17, 15) is 4.79 Å². The molecule has 1 aromatic heterocycles. The lowest BCUT2D eigenvalue weighted by Gasteiger charge is -2.18. The van der Waals surface area contributed by atoms with E-state index in [4.69, 9.17) is 11.6 Å². The number of aryl methyl sites for hydroxylation is 2. The van der Waals surface area contributed by atoms with Crippen LogP contribution in [-0.4, -0.2) is 34.1 Å². The van der Waals surface area contributed by atoms with Gasteiger partial charge < -0.3 is 0 Å². The van der Waals surface area contributed by atoms with Crippen molar-refractivity contribution in [1.29, 1.82) is 0 Å². The van der Waals surface area contributed by atoms with Crippen molar-refractivity contribution in [3.05, 3.63) is 16.4 Å². The molecule has 1 unspecified atom stereocenters. The first-order valence-electron chi connectivity index (χ1n) is 4.94. The Bertz CT molecular complexity index is 413. The summed E-state index contributed by atoms with van der Waals surface area (Å²) < 4.78 is 1.71. The van der Waals surface area contributed by atoms with Gasteiger partial charge in [0.25, 0.3) is 0 Å². The zero-order chi connectivity index (χ0) is 11.2. The maximum absolute atomic E-state index is 11.8. The average molecular weight is 228 g/mol. The number of nitrogens with zero attached hydrogens (tertiary/aromatic N) is 3. The predicted molar refractivity (Wildman–Crippen MR) is 58.0 cm³/mol. The van der Waals surface area contributed by atoms with Crippen LogP contribution in [0.4, 0.5) is 0 Å². The van der Waals surface area contributed by atoms with Crippen molar-refractivity contribution in [1.82, 2.24) is 14.7 Å². The van der Waals surface area contributed by atoms with Crippen molar-refractivity contribution in [3.8, 4) is 0 Å². The number of rotatable bonds is 1. The minimum Gasteiger partial charge on any atom is -0.297 e. The standard InChI is InChI=1S/C10H14ClN3O/c1-6-8(11)10(14(3)12-6)9-7(15)4-5-13(9)2/h9H,4-5H2,1-3H3. The van der Waals surface area contributed by atoms with E-state index >= 15 is 0 Å². The van der Waals surface area contributed by atoms with Crippen LogP contribution in [0.25, 0.3) is 0 Å². The number of aromatic nitrogens is 2. The molecular weight excluding hydrogens is 214 g/mol. The fourth-order valence-electron chi connectivity index (χ4n) is 2.11. The van der Waals surface area contributed by atoms with E-state index in [1.165, 1.54) is 0 Å². The summed E-state index contributed by atoms with van der Waals surface area (Å²) in [6.07, 6.45) is 0.599. The van der Waals surface area contributed by atoms with Crippen LogP contribution in [0.1, 0.15) is 23.9 Å². The Kier molecular flexibility index (Phi) is 2.56. The van der Waals surface area contributed by atoms with Gasteiger partial charge in [0, 0.05) is 20.0 Å². The van der Waals surface area contributed by atoms with Gasteiger partial charge in [-0.2, -0.15) is 5.10 Å². The van der Waals surface area contributed by atoms with Crippen molar-refractivity contribution in [3.63, 3.8) is 0 Å². The van der Waals surface area contributed by atoms with Gasteiger partial charge in [-0.3, -0.25) is 14.4 Å². The molecule has 1 aromatic rings. The summed E-state index contributed by atoms with van der Waals surface area (Å²) in [5.41, 5.74) is 1.60. The maximum atomic E-state index is 11.8. The van der Waals surface area contributed by atoms with E-state index in [0.717, 1.165) is 17.9 Å². The molecule has 0 bridgehead atoms. The van der Waals surface area contributed by atoms with Crippen molar-refractivity contribution >= 4 is 17.4 Å². The number of likely N-dealkylation sites (N-methyl/N-ethyl adjacent to an activating group) is 1. The SMILES string of the molecule is Cc1nn(C)c(C2C(=O)CCN2C)c1Cl. The predicted octanol–water partition coefficient (Wildman–Crippen LogP) is 1.33. The molecule has 0 radical (unpaired) electrons.